The number of hydrogen-bond acceptors (Lipinski definition) is 4. The molecule has 1 saturated heterocycles. The number of halogens is 1. The number of ether oxygens (including phenoxy) is 1. The lowest BCUT2D eigenvalue weighted by Crippen LogP contribution is -2.37. The highest BCUT2D eigenvalue weighted by Gasteiger charge is 2.16. The largest absolute Gasteiger partial charge is 0.503 e. The number of likely N-dealkylation sites (tertiary alicyclic amines) is 1. The molecule has 0 aromatic heterocycles. The quantitative estimate of drug-likeness (QED) is 0.863. The van der Waals surface area contributed by atoms with Gasteiger partial charge in [0.2, 0.25) is 0 Å². The van der Waals surface area contributed by atoms with Crippen molar-refractivity contribution >= 4 is 15.9 Å². The first-order chi connectivity index (χ1) is 9.60. The molecular formula is C15H23BrN2O2. The van der Waals surface area contributed by atoms with Crippen molar-refractivity contribution in [2.75, 3.05) is 33.8 Å². The summed E-state index contributed by atoms with van der Waals surface area (Å²) in [6, 6.07) is 3.80. The summed E-state index contributed by atoms with van der Waals surface area (Å²) in [6.45, 7) is 4.22. The van der Waals surface area contributed by atoms with Crippen LogP contribution in [0.3, 0.4) is 0 Å². The minimum atomic E-state index is 0.158. The van der Waals surface area contributed by atoms with Crippen LogP contribution in [0.5, 0.6) is 11.5 Å². The van der Waals surface area contributed by atoms with Crippen molar-refractivity contribution in [1.29, 1.82) is 0 Å². The molecule has 1 aliphatic heterocycles. The van der Waals surface area contributed by atoms with Crippen molar-refractivity contribution in [3.63, 3.8) is 0 Å². The second-order valence-electron chi connectivity index (χ2n) is 5.53. The maximum Gasteiger partial charge on any atom is 0.172 e. The van der Waals surface area contributed by atoms with Crippen LogP contribution in [0.25, 0.3) is 0 Å². The summed E-state index contributed by atoms with van der Waals surface area (Å²) in [5.74, 6) is 1.40. The first-order valence-corrected chi connectivity index (χ1v) is 7.84. The number of phenols is 1. The van der Waals surface area contributed by atoms with E-state index in [9.17, 15) is 5.11 Å². The molecule has 0 spiro atoms. The third-order valence-corrected chi connectivity index (χ3v) is 4.40. The zero-order valence-corrected chi connectivity index (χ0v) is 13.7. The minimum Gasteiger partial charge on any atom is -0.503 e. The number of phenolic OH excluding ortho intramolecular Hbond substituents is 1. The van der Waals surface area contributed by atoms with Crippen LogP contribution in [0.2, 0.25) is 0 Å². The van der Waals surface area contributed by atoms with Crippen LogP contribution in [-0.4, -0.2) is 43.8 Å². The first-order valence-electron chi connectivity index (χ1n) is 7.04. The first kappa shape index (κ1) is 15.6. The van der Waals surface area contributed by atoms with E-state index < -0.39 is 0 Å². The Bertz CT molecular complexity index is 454. The molecule has 20 heavy (non-hydrogen) atoms. The molecule has 1 aliphatic rings. The van der Waals surface area contributed by atoms with Gasteiger partial charge in [0.05, 0.1) is 11.6 Å². The van der Waals surface area contributed by atoms with Crippen molar-refractivity contribution in [3.8, 4) is 11.5 Å². The number of benzene rings is 1. The number of nitrogens with one attached hydrogen (secondary N) is 1. The van der Waals surface area contributed by atoms with E-state index in [1.807, 2.05) is 12.1 Å². The van der Waals surface area contributed by atoms with Gasteiger partial charge in [0.15, 0.2) is 11.5 Å². The second kappa shape index (κ2) is 7.29. The van der Waals surface area contributed by atoms with Gasteiger partial charge in [0, 0.05) is 13.1 Å². The maximum absolute atomic E-state index is 9.78. The van der Waals surface area contributed by atoms with E-state index in [0.717, 1.165) is 24.6 Å². The van der Waals surface area contributed by atoms with E-state index in [-0.39, 0.29) is 5.75 Å². The summed E-state index contributed by atoms with van der Waals surface area (Å²) >= 11 is 3.35. The fraction of sp³-hybridized carbons (Fsp3) is 0.600. The van der Waals surface area contributed by atoms with Gasteiger partial charge in [-0.25, -0.2) is 0 Å². The van der Waals surface area contributed by atoms with Crippen LogP contribution in [0.4, 0.5) is 0 Å². The van der Waals surface area contributed by atoms with Gasteiger partial charge >= 0.3 is 0 Å². The normalized spacial score (nSPS) is 20.1. The fourth-order valence-electron chi connectivity index (χ4n) is 2.75. The van der Waals surface area contributed by atoms with Gasteiger partial charge in [-0.15, -0.1) is 0 Å². The van der Waals surface area contributed by atoms with E-state index in [1.54, 1.807) is 7.11 Å². The predicted octanol–water partition coefficient (Wildman–Crippen LogP) is 2.59. The molecule has 1 aromatic rings. The van der Waals surface area contributed by atoms with Crippen LogP contribution >= 0.6 is 15.9 Å². The van der Waals surface area contributed by atoms with Crippen LogP contribution in [0, 0.1) is 5.92 Å². The number of aromatic hydroxyl groups is 1. The highest BCUT2D eigenvalue weighted by molar-refractivity contribution is 9.10. The highest BCUT2D eigenvalue weighted by Crippen LogP contribution is 2.35. The standard InChI is InChI=1S/C15H23BrN2O2/c1-18-5-3-4-11(10-18)8-17-9-12-6-13(16)15(19)14(7-12)20-2/h6-7,11,17,19H,3-5,8-10H2,1-2H3. The average molecular weight is 343 g/mol. The fourth-order valence-corrected chi connectivity index (χ4v) is 3.23. The Balaban J connectivity index is 1.86. The molecule has 0 bridgehead atoms. The van der Waals surface area contributed by atoms with E-state index in [0.29, 0.717) is 10.2 Å². The Morgan fingerprint density at radius 2 is 2.30 bits per heavy atom. The Labute approximate surface area is 129 Å². The van der Waals surface area contributed by atoms with Crippen molar-refractivity contribution in [2.45, 2.75) is 19.4 Å². The minimum absolute atomic E-state index is 0.158. The Kier molecular flexibility index (Phi) is 5.69. The molecular weight excluding hydrogens is 320 g/mol. The third kappa shape index (κ3) is 4.11. The Morgan fingerprint density at radius 1 is 1.50 bits per heavy atom. The molecule has 1 aromatic carbocycles. The maximum atomic E-state index is 9.78. The molecule has 5 heteroatoms. The summed E-state index contributed by atoms with van der Waals surface area (Å²) in [5.41, 5.74) is 1.11. The molecule has 1 heterocycles. The summed E-state index contributed by atoms with van der Waals surface area (Å²) in [4.78, 5) is 2.40. The molecule has 0 aliphatic carbocycles. The molecule has 0 amide bonds. The SMILES string of the molecule is COc1cc(CNCC2CCCN(C)C2)cc(Br)c1O. The van der Waals surface area contributed by atoms with Crippen molar-refractivity contribution in [2.24, 2.45) is 5.92 Å². The second-order valence-corrected chi connectivity index (χ2v) is 6.38. The molecule has 0 saturated carbocycles. The van der Waals surface area contributed by atoms with Crippen LogP contribution in [0.15, 0.2) is 16.6 Å². The molecule has 1 fully saturated rings. The molecule has 112 valence electrons. The van der Waals surface area contributed by atoms with Gasteiger partial charge in [0.1, 0.15) is 0 Å². The molecule has 0 radical (unpaired) electrons. The van der Waals surface area contributed by atoms with Gasteiger partial charge in [-0.2, -0.15) is 0 Å². The van der Waals surface area contributed by atoms with Gasteiger partial charge in [-0.3, -0.25) is 0 Å². The summed E-state index contributed by atoms with van der Waals surface area (Å²) in [5, 5.41) is 13.3. The lowest BCUT2D eigenvalue weighted by atomic mass is 9.98. The summed E-state index contributed by atoms with van der Waals surface area (Å²) < 4.78 is 5.83. The monoisotopic (exact) mass is 342 g/mol. The van der Waals surface area contributed by atoms with E-state index in [1.165, 1.54) is 25.9 Å². The van der Waals surface area contributed by atoms with Gasteiger partial charge in [-0.05, 0) is 72.5 Å². The lowest BCUT2D eigenvalue weighted by Gasteiger charge is -2.29. The number of hydrogen-bond donors (Lipinski definition) is 2. The Hall–Kier alpha value is -0.780. The third-order valence-electron chi connectivity index (χ3n) is 3.79. The zero-order chi connectivity index (χ0) is 14.5. The average Bonchev–Trinajstić information content (AvgIpc) is 2.42. The van der Waals surface area contributed by atoms with Crippen LogP contribution in [0.1, 0.15) is 18.4 Å². The number of methoxy groups -OCH3 is 1. The molecule has 1 unspecified atom stereocenters. The molecule has 2 N–H and O–H groups in total. The summed E-state index contributed by atoms with van der Waals surface area (Å²) in [6.07, 6.45) is 2.60. The van der Waals surface area contributed by atoms with Crippen molar-refractivity contribution < 1.29 is 9.84 Å². The van der Waals surface area contributed by atoms with Gasteiger partial charge in [0.25, 0.3) is 0 Å². The molecule has 2 rings (SSSR count). The topological polar surface area (TPSA) is 44.7 Å². The lowest BCUT2D eigenvalue weighted by molar-refractivity contribution is 0.206. The van der Waals surface area contributed by atoms with E-state index >= 15 is 0 Å². The zero-order valence-electron chi connectivity index (χ0n) is 12.2. The van der Waals surface area contributed by atoms with E-state index in [4.69, 9.17) is 4.74 Å². The predicted molar refractivity (Wildman–Crippen MR) is 84.3 cm³/mol. The van der Waals surface area contributed by atoms with Crippen molar-refractivity contribution in [1.82, 2.24) is 10.2 Å². The van der Waals surface area contributed by atoms with Gasteiger partial charge < -0.3 is 20.1 Å². The molecule has 1 atom stereocenters. The molecule has 4 nitrogen and oxygen atoms in total. The number of nitrogens with zero attached hydrogens (tertiary/aromatic N) is 1. The smallest absolute Gasteiger partial charge is 0.172 e. The number of rotatable bonds is 5. The van der Waals surface area contributed by atoms with E-state index in [2.05, 4.69) is 33.2 Å². The number of piperidine rings is 1. The summed E-state index contributed by atoms with van der Waals surface area (Å²) in [7, 11) is 3.75. The van der Waals surface area contributed by atoms with Gasteiger partial charge in [-0.1, -0.05) is 0 Å². The highest BCUT2D eigenvalue weighted by atomic mass is 79.9. The van der Waals surface area contributed by atoms with Crippen molar-refractivity contribution in [3.05, 3.63) is 22.2 Å². The van der Waals surface area contributed by atoms with Crippen LogP contribution < -0.4 is 10.1 Å². The Morgan fingerprint density at radius 3 is 3.00 bits per heavy atom. The van der Waals surface area contributed by atoms with Crippen LogP contribution in [-0.2, 0) is 6.54 Å².